The van der Waals surface area contributed by atoms with Crippen molar-refractivity contribution in [3.8, 4) is 0 Å². The van der Waals surface area contributed by atoms with Crippen LogP contribution in [-0.4, -0.2) is 17.3 Å². The molecule has 122 valence electrons. The summed E-state index contributed by atoms with van der Waals surface area (Å²) in [6, 6.07) is 8.69. The van der Waals surface area contributed by atoms with Crippen LogP contribution in [0.2, 0.25) is 0 Å². The van der Waals surface area contributed by atoms with Crippen LogP contribution in [0.15, 0.2) is 40.9 Å². The van der Waals surface area contributed by atoms with Crippen LogP contribution >= 0.6 is 15.9 Å². The molecule has 2 unspecified atom stereocenters. The zero-order valence-corrected chi connectivity index (χ0v) is 15.3. The van der Waals surface area contributed by atoms with Gasteiger partial charge in [0.15, 0.2) is 0 Å². The average Bonchev–Trinajstić information content (AvgIpc) is 3.21. The van der Waals surface area contributed by atoms with Gasteiger partial charge in [0.05, 0.1) is 5.60 Å². The van der Waals surface area contributed by atoms with E-state index in [4.69, 9.17) is 0 Å². The molecule has 3 heteroatoms. The summed E-state index contributed by atoms with van der Waals surface area (Å²) < 4.78 is 1.10. The molecule has 1 aromatic carbocycles. The van der Waals surface area contributed by atoms with E-state index in [1.54, 1.807) is 0 Å². The van der Waals surface area contributed by atoms with Gasteiger partial charge in [0.2, 0.25) is 0 Å². The first-order valence-electron chi connectivity index (χ1n) is 8.23. The number of hydrogen-bond acceptors (Lipinski definition) is 2. The minimum Gasteiger partial charge on any atom is -0.389 e. The number of rotatable bonds is 9. The summed E-state index contributed by atoms with van der Waals surface area (Å²) in [5.74, 6) is 0.730. The van der Waals surface area contributed by atoms with Crippen molar-refractivity contribution >= 4 is 15.9 Å². The van der Waals surface area contributed by atoms with Crippen molar-refractivity contribution in [2.45, 2.75) is 57.6 Å². The maximum atomic E-state index is 10.9. The zero-order valence-electron chi connectivity index (χ0n) is 13.7. The van der Waals surface area contributed by atoms with Crippen molar-refractivity contribution in [2.75, 3.05) is 6.54 Å². The number of benzene rings is 1. The Balaban J connectivity index is 1.83. The molecule has 0 aliphatic heterocycles. The van der Waals surface area contributed by atoms with Crippen molar-refractivity contribution in [1.82, 2.24) is 5.32 Å². The smallest absolute Gasteiger partial charge is 0.0699 e. The van der Waals surface area contributed by atoms with Crippen molar-refractivity contribution in [1.29, 1.82) is 0 Å². The second kappa shape index (κ2) is 7.76. The Hall–Kier alpha value is -0.640. The van der Waals surface area contributed by atoms with E-state index in [1.807, 2.05) is 6.92 Å². The highest BCUT2D eigenvalue weighted by atomic mass is 79.9. The van der Waals surface area contributed by atoms with Crippen LogP contribution in [0, 0.1) is 5.92 Å². The fourth-order valence-corrected chi connectivity index (χ4v) is 3.34. The molecule has 1 aliphatic rings. The second-order valence-electron chi connectivity index (χ2n) is 6.98. The van der Waals surface area contributed by atoms with Gasteiger partial charge in [0, 0.05) is 10.5 Å². The summed E-state index contributed by atoms with van der Waals surface area (Å²) >= 11 is 3.46. The minimum atomic E-state index is -0.584. The average molecular weight is 366 g/mol. The van der Waals surface area contributed by atoms with Crippen molar-refractivity contribution < 1.29 is 5.11 Å². The predicted molar refractivity (Wildman–Crippen MR) is 96.9 cm³/mol. The van der Waals surface area contributed by atoms with Crippen LogP contribution in [-0.2, 0) is 0 Å². The van der Waals surface area contributed by atoms with Crippen molar-refractivity contribution in [2.24, 2.45) is 5.92 Å². The van der Waals surface area contributed by atoms with E-state index in [-0.39, 0.29) is 0 Å². The Kier molecular flexibility index (Phi) is 6.25. The van der Waals surface area contributed by atoms with Gasteiger partial charge in [-0.15, -0.1) is 6.58 Å². The normalized spacial score (nSPS) is 18.7. The third-order valence-electron chi connectivity index (χ3n) is 4.41. The van der Waals surface area contributed by atoms with Gasteiger partial charge in [-0.25, -0.2) is 0 Å². The first-order valence-corrected chi connectivity index (χ1v) is 9.03. The molecule has 0 aromatic heterocycles. The van der Waals surface area contributed by atoms with Crippen molar-refractivity contribution in [3.63, 3.8) is 0 Å². The van der Waals surface area contributed by atoms with Crippen LogP contribution in [0.5, 0.6) is 0 Å². The molecule has 2 atom stereocenters. The topological polar surface area (TPSA) is 32.3 Å². The van der Waals surface area contributed by atoms with E-state index < -0.39 is 5.60 Å². The van der Waals surface area contributed by atoms with Gasteiger partial charge < -0.3 is 10.4 Å². The third-order valence-corrected chi connectivity index (χ3v) is 4.94. The fraction of sp³-hybridized carbons (Fsp3) is 0.579. The maximum absolute atomic E-state index is 10.9. The third kappa shape index (κ3) is 5.86. The molecule has 2 nitrogen and oxygen atoms in total. The molecule has 1 aliphatic carbocycles. The highest BCUT2D eigenvalue weighted by Crippen LogP contribution is 2.40. The Morgan fingerprint density at radius 3 is 2.59 bits per heavy atom. The summed E-state index contributed by atoms with van der Waals surface area (Å²) in [5.41, 5.74) is 1.76. The number of halogens is 1. The van der Waals surface area contributed by atoms with E-state index in [2.05, 4.69) is 59.0 Å². The number of nitrogens with one attached hydrogen (secondary N) is 1. The van der Waals surface area contributed by atoms with Gasteiger partial charge in [0.25, 0.3) is 0 Å². The lowest BCUT2D eigenvalue weighted by molar-refractivity contribution is 0.0177. The molecule has 22 heavy (non-hydrogen) atoms. The molecule has 1 saturated carbocycles. The Labute approximate surface area is 143 Å². The molecule has 0 spiro atoms. The van der Waals surface area contributed by atoms with Gasteiger partial charge in [0.1, 0.15) is 0 Å². The lowest BCUT2D eigenvalue weighted by Gasteiger charge is -2.29. The molecule has 0 saturated heterocycles. The van der Waals surface area contributed by atoms with Crippen LogP contribution in [0.1, 0.15) is 57.6 Å². The predicted octanol–water partition coefficient (Wildman–Crippen LogP) is 4.99. The van der Waals surface area contributed by atoms with E-state index in [0.717, 1.165) is 41.8 Å². The van der Waals surface area contributed by atoms with Gasteiger partial charge in [-0.05, 0) is 63.3 Å². The fourth-order valence-electron chi connectivity index (χ4n) is 3.07. The highest BCUT2D eigenvalue weighted by molar-refractivity contribution is 9.10. The Bertz CT molecular complexity index is 495. The maximum Gasteiger partial charge on any atom is 0.0699 e. The number of aliphatic hydroxyl groups is 1. The minimum absolute atomic E-state index is 0.295. The SMILES string of the molecule is C=C(C)CC(O)(CCNC(C)c1ccc(Br)cc1)CC1CC1. The molecule has 2 N–H and O–H groups in total. The summed E-state index contributed by atoms with van der Waals surface area (Å²) in [5, 5.41) is 14.4. The van der Waals surface area contributed by atoms with Gasteiger partial charge in [-0.1, -0.05) is 46.5 Å². The Morgan fingerprint density at radius 2 is 2.05 bits per heavy atom. The van der Waals surface area contributed by atoms with E-state index in [0.29, 0.717) is 6.04 Å². The first kappa shape index (κ1) is 17.7. The standard InChI is InChI=1S/C19H28BrNO/c1-14(2)12-19(22,13-16-4-5-16)10-11-21-15(3)17-6-8-18(20)9-7-17/h6-9,15-16,21-22H,1,4-5,10-13H2,2-3H3. The number of hydrogen-bond donors (Lipinski definition) is 2. The molecule has 1 fully saturated rings. The summed E-state index contributed by atoms with van der Waals surface area (Å²) in [4.78, 5) is 0. The molecule has 1 aromatic rings. The largest absolute Gasteiger partial charge is 0.389 e. The zero-order chi connectivity index (χ0) is 16.2. The van der Waals surface area contributed by atoms with Crippen LogP contribution in [0.4, 0.5) is 0 Å². The molecule has 0 bridgehead atoms. The van der Waals surface area contributed by atoms with Crippen molar-refractivity contribution in [3.05, 3.63) is 46.5 Å². The molecule has 0 radical (unpaired) electrons. The summed E-state index contributed by atoms with van der Waals surface area (Å²) in [6.07, 6.45) is 4.99. The quantitative estimate of drug-likeness (QED) is 0.604. The monoisotopic (exact) mass is 365 g/mol. The van der Waals surface area contributed by atoms with Crippen LogP contribution < -0.4 is 5.32 Å². The van der Waals surface area contributed by atoms with Crippen LogP contribution in [0.3, 0.4) is 0 Å². The lowest BCUT2D eigenvalue weighted by Crippen LogP contribution is -2.34. The van der Waals surface area contributed by atoms with E-state index in [1.165, 1.54) is 18.4 Å². The first-order chi connectivity index (χ1) is 10.4. The van der Waals surface area contributed by atoms with E-state index >= 15 is 0 Å². The second-order valence-corrected chi connectivity index (χ2v) is 7.90. The van der Waals surface area contributed by atoms with Gasteiger partial charge >= 0.3 is 0 Å². The summed E-state index contributed by atoms with van der Waals surface area (Å²) in [6.45, 7) is 8.99. The lowest BCUT2D eigenvalue weighted by atomic mass is 9.86. The highest BCUT2D eigenvalue weighted by Gasteiger charge is 2.34. The van der Waals surface area contributed by atoms with E-state index in [9.17, 15) is 5.11 Å². The van der Waals surface area contributed by atoms with Gasteiger partial charge in [-0.3, -0.25) is 0 Å². The molecular weight excluding hydrogens is 338 g/mol. The molecule has 0 heterocycles. The molecular formula is C19H28BrNO. The van der Waals surface area contributed by atoms with Crippen LogP contribution in [0.25, 0.3) is 0 Å². The molecule has 0 amide bonds. The molecule has 2 rings (SSSR count). The van der Waals surface area contributed by atoms with Gasteiger partial charge in [-0.2, -0.15) is 0 Å². The summed E-state index contributed by atoms with van der Waals surface area (Å²) in [7, 11) is 0. The Morgan fingerprint density at radius 1 is 1.41 bits per heavy atom.